The lowest BCUT2D eigenvalue weighted by Crippen LogP contribution is -2.14. The number of thiophene rings is 1. The van der Waals surface area contributed by atoms with E-state index in [4.69, 9.17) is 10.5 Å². The molecule has 0 fully saturated rings. The van der Waals surface area contributed by atoms with Gasteiger partial charge in [-0.2, -0.15) is 0 Å². The van der Waals surface area contributed by atoms with Crippen molar-refractivity contribution in [3.05, 3.63) is 94.7 Å². The molecule has 0 saturated heterocycles. The molecule has 0 atom stereocenters. The van der Waals surface area contributed by atoms with Gasteiger partial charge in [-0.3, -0.25) is 9.52 Å². The molecular weight excluding hydrogens is 460 g/mol. The highest BCUT2D eigenvalue weighted by molar-refractivity contribution is 7.92. The number of hydrogen-bond acceptors (Lipinski definition) is 6. The summed E-state index contributed by atoms with van der Waals surface area (Å²) in [6.45, 7) is 2.24. The highest BCUT2D eigenvalue weighted by Crippen LogP contribution is 2.22. The van der Waals surface area contributed by atoms with Gasteiger partial charge >= 0.3 is 5.97 Å². The Morgan fingerprint density at radius 1 is 0.939 bits per heavy atom. The maximum absolute atomic E-state index is 12.4. The molecule has 4 aromatic rings. The molecule has 0 unspecified atom stereocenters. The van der Waals surface area contributed by atoms with E-state index >= 15 is 0 Å². The number of benzene rings is 3. The third-order valence-electron chi connectivity index (χ3n) is 4.45. The minimum absolute atomic E-state index is 0.0654. The predicted octanol–water partition coefficient (Wildman–Crippen LogP) is 4.66. The maximum Gasteiger partial charge on any atom is 0.348 e. The van der Waals surface area contributed by atoms with Gasteiger partial charge in [0.05, 0.1) is 11.5 Å². The molecule has 0 aliphatic rings. The predicted molar refractivity (Wildman–Crippen MR) is 130 cm³/mol. The van der Waals surface area contributed by atoms with Gasteiger partial charge in [0.25, 0.3) is 10.0 Å². The zero-order valence-electron chi connectivity index (χ0n) is 17.7. The van der Waals surface area contributed by atoms with Crippen LogP contribution in [0.1, 0.15) is 27.0 Å². The monoisotopic (exact) mass is 482 g/mol. The number of fused-ring (bicyclic) bond motifs is 1. The number of nitrogens with one attached hydrogen (secondary N) is 1. The standard InChI is InChI=1S/C17H14N2O3S.C7H8O2S/c18-17(20)13-6-9-16(10-7-13)23(21,22)19-15-8-5-12-3-1-2-4-14(12)11-15;1-2-9-7(8)6-4-3-5-10-6/h1-11,19H,(H2,18,20);3-5H,2H2,1H3. The molecule has 3 aromatic carbocycles. The molecule has 0 aliphatic heterocycles. The van der Waals surface area contributed by atoms with Gasteiger partial charge in [0.15, 0.2) is 0 Å². The molecule has 1 heterocycles. The van der Waals surface area contributed by atoms with Crippen LogP contribution in [0.25, 0.3) is 10.8 Å². The Bertz CT molecular complexity index is 1350. The van der Waals surface area contributed by atoms with E-state index in [9.17, 15) is 18.0 Å². The fraction of sp³-hybridized carbons (Fsp3) is 0.0833. The fourth-order valence-electron chi connectivity index (χ4n) is 2.86. The molecule has 170 valence electrons. The molecule has 33 heavy (non-hydrogen) atoms. The summed E-state index contributed by atoms with van der Waals surface area (Å²) in [4.78, 5) is 22.7. The van der Waals surface area contributed by atoms with Crippen molar-refractivity contribution in [3.63, 3.8) is 0 Å². The first-order valence-electron chi connectivity index (χ1n) is 9.92. The van der Waals surface area contributed by atoms with Crippen molar-refractivity contribution in [2.45, 2.75) is 11.8 Å². The molecule has 1 amide bonds. The van der Waals surface area contributed by atoms with E-state index in [-0.39, 0.29) is 16.4 Å². The van der Waals surface area contributed by atoms with Crippen molar-refractivity contribution in [2.24, 2.45) is 5.73 Å². The number of carbonyl (C=O) groups excluding carboxylic acids is 2. The van der Waals surface area contributed by atoms with Crippen molar-refractivity contribution in [2.75, 3.05) is 11.3 Å². The van der Waals surface area contributed by atoms with E-state index in [0.29, 0.717) is 17.2 Å². The van der Waals surface area contributed by atoms with Crippen LogP contribution in [0.4, 0.5) is 5.69 Å². The van der Waals surface area contributed by atoms with Gasteiger partial charge in [-0.15, -0.1) is 11.3 Å². The first kappa shape index (κ1) is 24.0. The van der Waals surface area contributed by atoms with Gasteiger partial charge < -0.3 is 10.5 Å². The second kappa shape index (κ2) is 10.8. The van der Waals surface area contributed by atoms with Crippen molar-refractivity contribution in [1.82, 2.24) is 0 Å². The molecular formula is C24H22N2O5S2. The van der Waals surface area contributed by atoms with E-state index in [0.717, 1.165) is 10.8 Å². The Morgan fingerprint density at radius 2 is 1.64 bits per heavy atom. The number of anilines is 1. The molecule has 0 aliphatic carbocycles. The van der Waals surface area contributed by atoms with E-state index in [1.165, 1.54) is 35.6 Å². The van der Waals surface area contributed by atoms with Crippen molar-refractivity contribution in [3.8, 4) is 0 Å². The van der Waals surface area contributed by atoms with Gasteiger partial charge in [0, 0.05) is 11.3 Å². The largest absolute Gasteiger partial charge is 0.462 e. The number of carbonyl (C=O) groups is 2. The summed E-state index contributed by atoms with van der Waals surface area (Å²) in [5.74, 6) is -0.825. The number of sulfonamides is 1. The Kier molecular flexibility index (Phi) is 7.81. The summed E-state index contributed by atoms with van der Waals surface area (Å²) in [6.07, 6.45) is 0. The Balaban J connectivity index is 0.000000257. The molecule has 7 nitrogen and oxygen atoms in total. The van der Waals surface area contributed by atoms with Crippen LogP contribution in [0.5, 0.6) is 0 Å². The number of rotatable bonds is 6. The molecule has 0 saturated carbocycles. The van der Waals surface area contributed by atoms with E-state index in [1.807, 2.05) is 41.8 Å². The highest BCUT2D eigenvalue weighted by atomic mass is 32.2. The average molecular weight is 483 g/mol. The molecule has 4 rings (SSSR count). The minimum Gasteiger partial charge on any atom is -0.462 e. The third kappa shape index (κ3) is 6.41. The van der Waals surface area contributed by atoms with Crippen LogP contribution in [0.3, 0.4) is 0 Å². The van der Waals surface area contributed by atoms with Gasteiger partial charge in [-0.25, -0.2) is 13.2 Å². The van der Waals surface area contributed by atoms with Gasteiger partial charge in [0.1, 0.15) is 4.88 Å². The topological polar surface area (TPSA) is 116 Å². The first-order valence-corrected chi connectivity index (χ1v) is 12.3. The summed E-state index contributed by atoms with van der Waals surface area (Å²) >= 11 is 1.40. The molecule has 0 bridgehead atoms. The van der Waals surface area contributed by atoms with Crippen LogP contribution in [-0.4, -0.2) is 26.9 Å². The van der Waals surface area contributed by atoms with Crippen LogP contribution in [0, 0.1) is 0 Å². The van der Waals surface area contributed by atoms with E-state index < -0.39 is 15.9 Å². The average Bonchev–Trinajstić information content (AvgIpc) is 3.35. The van der Waals surface area contributed by atoms with Crippen molar-refractivity contribution in [1.29, 1.82) is 0 Å². The molecule has 3 N–H and O–H groups in total. The van der Waals surface area contributed by atoms with E-state index in [2.05, 4.69) is 4.72 Å². The van der Waals surface area contributed by atoms with Crippen molar-refractivity contribution < 1.29 is 22.7 Å². The van der Waals surface area contributed by atoms with Crippen molar-refractivity contribution >= 4 is 49.7 Å². The van der Waals surface area contributed by atoms with Crippen LogP contribution in [0.15, 0.2) is 89.1 Å². The fourth-order valence-corrected chi connectivity index (χ4v) is 4.53. The number of primary amides is 1. The number of hydrogen-bond donors (Lipinski definition) is 2. The number of amides is 1. The smallest absolute Gasteiger partial charge is 0.348 e. The van der Waals surface area contributed by atoms with Crippen LogP contribution in [-0.2, 0) is 14.8 Å². The van der Waals surface area contributed by atoms with Crippen LogP contribution in [0.2, 0.25) is 0 Å². The Hall–Kier alpha value is -3.69. The Morgan fingerprint density at radius 3 is 2.24 bits per heavy atom. The highest BCUT2D eigenvalue weighted by Gasteiger charge is 2.15. The second-order valence-corrected chi connectivity index (χ2v) is 9.38. The molecule has 9 heteroatoms. The molecule has 1 aromatic heterocycles. The maximum atomic E-state index is 12.4. The van der Waals surface area contributed by atoms with Crippen LogP contribution >= 0.6 is 11.3 Å². The molecule has 0 spiro atoms. The summed E-state index contributed by atoms with van der Waals surface area (Å²) in [6, 6.07) is 22.1. The minimum atomic E-state index is -3.73. The lowest BCUT2D eigenvalue weighted by atomic mass is 10.1. The third-order valence-corrected chi connectivity index (χ3v) is 6.70. The SMILES string of the molecule is CCOC(=O)c1cccs1.NC(=O)c1ccc(S(=O)(=O)Nc2ccc3ccccc3c2)cc1. The van der Waals surface area contributed by atoms with Crippen LogP contribution < -0.4 is 10.5 Å². The second-order valence-electron chi connectivity index (χ2n) is 6.75. The number of esters is 1. The van der Waals surface area contributed by atoms with Gasteiger partial charge in [0.2, 0.25) is 5.91 Å². The lowest BCUT2D eigenvalue weighted by molar-refractivity contribution is 0.0532. The van der Waals surface area contributed by atoms with Gasteiger partial charge in [-0.1, -0.05) is 36.4 Å². The van der Waals surface area contributed by atoms with Gasteiger partial charge in [-0.05, 0) is 65.5 Å². The summed E-state index contributed by atoms with van der Waals surface area (Å²) in [7, 11) is -3.73. The Labute approximate surface area is 195 Å². The normalized spacial score (nSPS) is 10.7. The first-order chi connectivity index (χ1) is 15.8. The summed E-state index contributed by atoms with van der Waals surface area (Å²) < 4.78 is 32.1. The zero-order chi connectivity index (χ0) is 23.8. The number of ether oxygens (including phenoxy) is 1. The summed E-state index contributed by atoms with van der Waals surface area (Å²) in [5, 5.41) is 3.82. The quantitative estimate of drug-likeness (QED) is 0.388. The molecule has 0 radical (unpaired) electrons. The summed E-state index contributed by atoms with van der Waals surface area (Å²) in [5.41, 5.74) is 5.88. The van der Waals surface area contributed by atoms with E-state index in [1.54, 1.807) is 25.1 Å². The zero-order valence-corrected chi connectivity index (χ0v) is 19.4. The lowest BCUT2D eigenvalue weighted by Gasteiger charge is -2.09. The number of nitrogens with two attached hydrogens (primary N) is 1.